The highest BCUT2D eigenvalue weighted by Gasteiger charge is 2.03. The van der Waals surface area contributed by atoms with Gasteiger partial charge in [-0.25, -0.2) is 0 Å². The molecule has 2 N–H and O–H groups in total. The van der Waals surface area contributed by atoms with Gasteiger partial charge in [0.2, 0.25) is 0 Å². The average molecular weight is 416 g/mol. The summed E-state index contributed by atoms with van der Waals surface area (Å²) < 4.78 is 0. The van der Waals surface area contributed by atoms with Crippen LogP contribution in [0.5, 0.6) is 0 Å². The fourth-order valence-corrected chi connectivity index (χ4v) is 2.79. The molecule has 0 unspecified atom stereocenters. The lowest BCUT2D eigenvalue weighted by Gasteiger charge is -2.00. The van der Waals surface area contributed by atoms with E-state index in [1.54, 1.807) is 36.4 Å². The van der Waals surface area contributed by atoms with Gasteiger partial charge in [0.05, 0.1) is 22.7 Å². The molecule has 31 heavy (non-hydrogen) atoms. The zero-order valence-corrected chi connectivity index (χ0v) is 17.1. The minimum absolute atomic E-state index is 0.229. The molecule has 3 aromatic rings. The maximum atomic E-state index is 11.4. The second-order valence-corrected chi connectivity index (χ2v) is 6.89. The maximum absolute atomic E-state index is 11.4. The number of nitrogens with zero attached hydrogens (tertiary/aromatic N) is 4. The van der Waals surface area contributed by atoms with Gasteiger partial charge in [-0.15, -0.1) is 0 Å². The number of rotatable bonds is 10. The Morgan fingerprint density at radius 3 is 1.45 bits per heavy atom. The van der Waals surface area contributed by atoms with Gasteiger partial charge in [-0.3, -0.25) is 4.79 Å². The molecule has 0 amide bonds. The first-order valence-electron chi connectivity index (χ1n) is 10.1. The highest BCUT2D eigenvalue weighted by molar-refractivity contribution is 5.97. The first kappa shape index (κ1) is 22.1. The van der Waals surface area contributed by atoms with E-state index in [9.17, 15) is 4.79 Å². The summed E-state index contributed by atoms with van der Waals surface area (Å²) in [4.78, 5) is 11.4. The Morgan fingerprint density at radius 2 is 1.03 bits per heavy atom. The van der Waals surface area contributed by atoms with E-state index in [-0.39, 0.29) is 12.4 Å². The minimum atomic E-state index is -0.513. The molecule has 0 radical (unpaired) electrons. The van der Waals surface area contributed by atoms with Crippen LogP contribution < -0.4 is 0 Å². The van der Waals surface area contributed by atoms with Gasteiger partial charge in [-0.2, -0.15) is 20.5 Å². The van der Waals surface area contributed by atoms with Crippen molar-refractivity contribution in [3.05, 3.63) is 83.9 Å². The van der Waals surface area contributed by atoms with Gasteiger partial charge < -0.3 is 10.2 Å². The number of azo groups is 2. The predicted molar refractivity (Wildman–Crippen MR) is 119 cm³/mol. The zero-order valence-electron chi connectivity index (χ0n) is 17.1. The fourth-order valence-electron chi connectivity index (χ4n) is 2.79. The Morgan fingerprint density at radius 1 is 0.613 bits per heavy atom. The molecular weight excluding hydrogens is 392 g/mol. The largest absolute Gasteiger partial charge is 0.396 e. The number of hydrogen-bond acceptors (Lipinski definition) is 7. The summed E-state index contributed by atoms with van der Waals surface area (Å²) >= 11 is 0. The van der Waals surface area contributed by atoms with Crippen LogP contribution in [0.3, 0.4) is 0 Å². The lowest BCUT2D eigenvalue weighted by molar-refractivity contribution is 0.0904. The normalized spacial score (nSPS) is 11.4. The van der Waals surface area contributed by atoms with Gasteiger partial charge in [0.25, 0.3) is 0 Å². The molecule has 7 heteroatoms. The summed E-state index contributed by atoms with van der Waals surface area (Å²) in [6.07, 6.45) is 2.73. The monoisotopic (exact) mass is 416 g/mol. The summed E-state index contributed by atoms with van der Waals surface area (Å²) in [6.45, 7) is -0.283. The fraction of sp³-hybridized carbons (Fsp3) is 0.208. The Balaban J connectivity index is 1.56. The molecule has 0 aromatic heterocycles. The van der Waals surface area contributed by atoms with Crippen LogP contribution in [-0.2, 0) is 6.42 Å². The number of unbranched alkanes of at least 4 members (excludes halogenated alkanes) is 1. The lowest BCUT2D eigenvalue weighted by atomic mass is 10.1. The van der Waals surface area contributed by atoms with Gasteiger partial charge in [-0.1, -0.05) is 12.1 Å². The number of hydrogen-bond donors (Lipinski definition) is 2. The maximum Gasteiger partial charge on any atom is 0.188 e. The van der Waals surface area contributed by atoms with Crippen molar-refractivity contribution in [3.8, 4) is 0 Å². The standard InChI is InChI=1S/C24H24N4O3/c29-16-2-1-3-18-4-8-20(9-5-18)25-27-22-12-14-23(15-13-22)28-26-21-10-6-19(7-11-21)24(31)17-30/h4-15,29-30H,1-3,16-17H2. The molecule has 158 valence electrons. The first-order chi connectivity index (χ1) is 15.2. The van der Waals surface area contributed by atoms with Crippen LogP contribution in [0.25, 0.3) is 0 Å². The summed E-state index contributed by atoms with van der Waals surface area (Å²) in [5, 5.41) is 34.5. The molecule has 3 aromatic carbocycles. The number of ketones is 1. The van der Waals surface area contributed by atoms with Crippen molar-refractivity contribution in [2.45, 2.75) is 19.3 Å². The van der Waals surface area contributed by atoms with Crippen molar-refractivity contribution < 1.29 is 15.0 Å². The van der Waals surface area contributed by atoms with Crippen molar-refractivity contribution >= 4 is 28.5 Å². The third kappa shape index (κ3) is 7.02. The van der Waals surface area contributed by atoms with Crippen molar-refractivity contribution in [2.24, 2.45) is 20.5 Å². The summed E-state index contributed by atoms with van der Waals surface area (Å²) in [5.41, 5.74) is 4.42. The zero-order chi connectivity index (χ0) is 21.9. The smallest absolute Gasteiger partial charge is 0.188 e. The van der Waals surface area contributed by atoms with E-state index >= 15 is 0 Å². The third-order valence-electron chi connectivity index (χ3n) is 4.55. The molecule has 3 rings (SSSR count). The number of Topliss-reactive ketones (excluding diaryl/α,β-unsaturated/α-hetero) is 1. The van der Waals surface area contributed by atoms with Crippen molar-refractivity contribution in [3.63, 3.8) is 0 Å². The van der Waals surface area contributed by atoms with Gasteiger partial charge >= 0.3 is 0 Å². The van der Waals surface area contributed by atoms with E-state index < -0.39 is 6.61 Å². The van der Waals surface area contributed by atoms with Crippen LogP contribution in [0.1, 0.15) is 28.8 Å². The molecule has 0 aliphatic heterocycles. The number of aryl methyl sites for hydroxylation is 1. The van der Waals surface area contributed by atoms with Crippen LogP contribution in [0.2, 0.25) is 0 Å². The molecule has 7 nitrogen and oxygen atoms in total. The molecular formula is C24H24N4O3. The van der Waals surface area contributed by atoms with E-state index in [2.05, 4.69) is 20.5 Å². The molecule has 0 aliphatic rings. The molecule has 0 spiro atoms. The predicted octanol–water partition coefficient (Wildman–Crippen LogP) is 6.01. The highest BCUT2D eigenvalue weighted by atomic mass is 16.3. The van der Waals surface area contributed by atoms with E-state index in [0.29, 0.717) is 22.6 Å². The van der Waals surface area contributed by atoms with Gasteiger partial charge in [0.1, 0.15) is 6.61 Å². The van der Waals surface area contributed by atoms with E-state index in [1.807, 2.05) is 36.4 Å². The van der Waals surface area contributed by atoms with E-state index in [1.165, 1.54) is 5.56 Å². The molecule has 0 heterocycles. The molecule has 0 fully saturated rings. The summed E-state index contributed by atoms with van der Waals surface area (Å²) in [6, 6.07) is 21.7. The second kappa shape index (κ2) is 11.6. The van der Waals surface area contributed by atoms with Crippen molar-refractivity contribution in [1.82, 2.24) is 0 Å². The molecule has 0 atom stereocenters. The Labute approximate surface area is 180 Å². The van der Waals surface area contributed by atoms with Crippen LogP contribution in [0.4, 0.5) is 22.7 Å². The van der Waals surface area contributed by atoms with Gasteiger partial charge in [0, 0.05) is 12.2 Å². The quantitative estimate of drug-likeness (QED) is 0.240. The molecule has 0 saturated carbocycles. The Kier molecular flexibility index (Phi) is 8.28. The third-order valence-corrected chi connectivity index (χ3v) is 4.55. The van der Waals surface area contributed by atoms with Crippen LogP contribution >= 0.6 is 0 Å². The number of carbonyl (C=O) groups excluding carboxylic acids is 1. The number of benzene rings is 3. The lowest BCUT2D eigenvalue weighted by Crippen LogP contribution is -2.03. The minimum Gasteiger partial charge on any atom is -0.396 e. The summed E-state index contributed by atoms with van der Waals surface area (Å²) in [5.74, 6) is -0.331. The number of carbonyl (C=O) groups is 1. The first-order valence-corrected chi connectivity index (χ1v) is 10.1. The number of aliphatic hydroxyl groups is 2. The van der Waals surface area contributed by atoms with Crippen LogP contribution in [0, 0.1) is 0 Å². The van der Waals surface area contributed by atoms with Gasteiger partial charge in [0.15, 0.2) is 5.78 Å². The van der Waals surface area contributed by atoms with Crippen molar-refractivity contribution in [2.75, 3.05) is 13.2 Å². The molecule has 0 bridgehead atoms. The number of aliphatic hydroxyl groups excluding tert-OH is 2. The SMILES string of the molecule is O=C(CO)c1ccc(N=Nc2ccc(N=Nc3ccc(CCCCO)cc3)cc2)cc1. The van der Waals surface area contributed by atoms with Crippen LogP contribution in [0.15, 0.2) is 93.3 Å². The van der Waals surface area contributed by atoms with Crippen LogP contribution in [-0.4, -0.2) is 29.2 Å². The van der Waals surface area contributed by atoms with E-state index in [0.717, 1.165) is 24.9 Å². The average Bonchev–Trinajstić information content (AvgIpc) is 2.83. The highest BCUT2D eigenvalue weighted by Crippen LogP contribution is 2.24. The molecule has 0 aliphatic carbocycles. The Hall–Kier alpha value is -3.55. The van der Waals surface area contributed by atoms with Crippen molar-refractivity contribution in [1.29, 1.82) is 0 Å². The topological polar surface area (TPSA) is 107 Å². The second-order valence-electron chi connectivity index (χ2n) is 6.89. The summed E-state index contributed by atoms with van der Waals surface area (Å²) in [7, 11) is 0. The molecule has 0 saturated heterocycles. The Bertz CT molecular complexity index is 1030. The van der Waals surface area contributed by atoms with E-state index in [4.69, 9.17) is 10.2 Å². The van der Waals surface area contributed by atoms with Gasteiger partial charge in [-0.05, 0) is 85.5 Å².